The van der Waals surface area contributed by atoms with E-state index in [1.54, 1.807) is 0 Å². The Morgan fingerprint density at radius 2 is 1.93 bits per heavy atom. The average Bonchev–Trinajstić information content (AvgIpc) is 2.78. The summed E-state index contributed by atoms with van der Waals surface area (Å²) in [5.41, 5.74) is 0.665. The summed E-state index contributed by atoms with van der Waals surface area (Å²) in [6, 6.07) is 0.913. The van der Waals surface area contributed by atoms with Gasteiger partial charge < -0.3 is 4.90 Å². The minimum atomic E-state index is 0.665. The second-order valence-corrected chi connectivity index (χ2v) is 5.70. The maximum Gasteiger partial charge on any atom is 0.0100 e. The third-order valence-electron chi connectivity index (χ3n) is 4.03. The number of halogens is 1. The van der Waals surface area contributed by atoms with Crippen LogP contribution >= 0.6 is 15.9 Å². The van der Waals surface area contributed by atoms with Gasteiger partial charge in [0.05, 0.1) is 0 Å². The molecule has 82 valence electrons. The molecule has 0 spiro atoms. The normalized spacial score (nSPS) is 25.9. The van der Waals surface area contributed by atoms with Crippen LogP contribution in [0.1, 0.15) is 45.4 Å². The maximum atomic E-state index is 3.67. The van der Waals surface area contributed by atoms with Crippen LogP contribution in [0.2, 0.25) is 0 Å². The summed E-state index contributed by atoms with van der Waals surface area (Å²) < 4.78 is 0. The first kappa shape index (κ1) is 10.9. The molecule has 2 aliphatic rings. The Bertz CT molecular complexity index is 183. The number of hydrogen-bond donors (Lipinski definition) is 0. The second kappa shape index (κ2) is 4.52. The van der Waals surface area contributed by atoms with Gasteiger partial charge in [0.15, 0.2) is 0 Å². The highest BCUT2D eigenvalue weighted by Crippen LogP contribution is 2.48. The van der Waals surface area contributed by atoms with Crippen molar-refractivity contribution in [1.82, 2.24) is 4.90 Å². The maximum absolute atomic E-state index is 3.67. The molecule has 2 rings (SSSR count). The summed E-state index contributed by atoms with van der Waals surface area (Å²) in [6.07, 6.45) is 8.71. The van der Waals surface area contributed by atoms with Crippen LogP contribution < -0.4 is 0 Å². The highest BCUT2D eigenvalue weighted by molar-refractivity contribution is 9.09. The van der Waals surface area contributed by atoms with Crippen molar-refractivity contribution in [3.05, 3.63) is 0 Å². The van der Waals surface area contributed by atoms with Gasteiger partial charge in [-0.3, -0.25) is 0 Å². The molecule has 0 aromatic rings. The molecule has 14 heavy (non-hydrogen) atoms. The molecule has 0 aromatic heterocycles. The minimum absolute atomic E-state index is 0.665. The van der Waals surface area contributed by atoms with Gasteiger partial charge in [0.25, 0.3) is 0 Å². The van der Waals surface area contributed by atoms with Crippen LogP contribution in [0, 0.1) is 5.41 Å². The van der Waals surface area contributed by atoms with Gasteiger partial charge in [-0.25, -0.2) is 0 Å². The van der Waals surface area contributed by atoms with Crippen LogP contribution in [-0.2, 0) is 0 Å². The Hall–Kier alpha value is 0.440. The van der Waals surface area contributed by atoms with E-state index in [1.807, 2.05) is 0 Å². The molecule has 0 heterocycles. The predicted octanol–water partition coefficient (Wildman–Crippen LogP) is 3.43. The molecule has 0 amide bonds. The summed E-state index contributed by atoms with van der Waals surface area (Å²) in [6.45, 7) is 4.92. The average molecular weight is 260 g/mol. The molecule has 0 saturated heterocycles. The third kappa shape index (κ3) is 2.33. The van der Waals surface area contributed by atoms with Gasteiger partial charge >= 0.3 is 0 Å². The summed E-state index contributed by atoms with van der Waals surface area (Å²) in [5.74, 6) is 0. The lowest BCUT2D eigenvalue weighted by Gasteiger charge is -2.30. The first-order valence-corrected chi connectivity index (χ1v) is 7.22. The monoisotopic (exact) mass is 259 g/mol. The van der Waals surface area contributed by atoms with E-state index in [4.69, 9.17) is 0 Å². The van der Waals surface area contributed by atoms with E-state index in [1.165, 1.54) is 56.9 Å². The first-order chi connectivity index (χ1) is 6.79. The number of nitrogens with zero attached hydrogens (tertiary/aromatic N) is 1. The van der Waals surface area contributed by atoms with E-state index in [-0.39, 0.29) is 0 Å². The Labute approximate surface area is 96.4 Å². The molecule has 0 aromatic carbocycles. The van der Waals surface area contributed by atoms with Crippen molar-refractivity contribution < 1.29 is 0 Å². The Morgan fingerprint density at radius 3 is 2.36 bits per heavy atom. The number of rotatable bonds is 5. The van der Waals surface area contributed by atoms with Crippen molar-refractivity contribution in [1.29, 1.82) is 0 Å². The smallest absolute Gasteiger partial charge is 0.0100 e. The van der Waals surface area contributed by atoms with E-state index in [2.05, 4.69) is 27.8 Å². The van der Waals surface area contributed by atoms with Crippen molar-refractivity contribution >= 4 is 15.9 Å². The fraction of sp³-hybridized carbons (Fsp3) is 1.00. The molecule has 0 aliphatic heterocycles. The quantitative estimate of drug-likeness (QED) is 0.684. The molecular weight excluding hydrogens is 238 g/mol. The van der Waals surface area contributed by atoms with Gasteiger partial charge in [0, 0.05) is 17.9 Å². The molecule has 2 fully saturated rings. The van der Waals surface area contributed by atoms with Crippen molar-refractivity contribution in [3.8, 4) is 0 Å². The Balaban J connectivity index is 1.86. The molecular formula is C12H22BrN. The SMILES string of the molecule is CCN(CC1(CBr)CC1)C1CCCC1. The van der Waals surface area contributed by atoms with Gasteiger partial charge in [-0.15, -0.1) is 0 Å². The zero-order valence-corrected chi connectivity index (χ0v) is 10.9. The standard InChI is InChI=1S/C12H22BrN/c1-2-14(11-5-3-4-6-11)10-12(9-13)7-8-12/h11H,2-10H2,1H3. The number of hydrogen-bond acceptors (Lipinski definition) is 1. The van der Waals surface area contributed by atoms with Gasteiger partial charge in [0.1, 0.15) is 0 Å². The van der Waals surface area contributed by atoms with Crippen LogP contribution in [0.3, 0.4) is 0 Å². The van der Waals surface area contributed by atoms with E-state index in [0.29, 0.717) is 5.41 Å². The van der Waals surface area contributed by atoms with Gasteiger partial charge in [0.2, 0.25) is 0 Å². The lowest BCUT2D eigenvalue weighted by molar-refractivity contribution is 0.176. The summed E-state index contributed by atoms with van der Waals surface area (Å²) in [5, 5.41) is 1.21. The van der Waals surface area contributed by atoms with Crippen LogP contribution in [0.4, 0.5) is 0 Å². The van der Waals surface area contributed by atoms with E-state index < -0.39 is 0 Å². The highest BCUT2D eigenvalue weighted by Gasteiger charge is 2.43. The molecule has 0 radical (unpaired) electrons. The minimum Gasteiger partial charge on any atom is -0.300 e. The Morgan fingerprint density at radius 1 is 1.29 bits per heavy atom. The molecule has 0 atom stereocenters. The van der Waals surface area contributed by atoms with Gasteiger partial charge in [-0.1, -0.05) is 35.7 Å². The lowest BCUT2D eigenvalue weighted by atomic mass is 10.1. The van der Waals surface area contributed by atoms with Crippen LogP contribution in [0.5, 0.6) is 0 Å². The van der Waals surface area contributed by atoms with Crippen LogP contribution in [-0.4, -0.2) is 29.4 Å². The predicted molar refractivity (Wildman–Crippen MR) is 65.0 cm³/mol. The molecule has 0 N–H and O–H groups in total. The molecule has 0 unspecified atom stereocenters. The zero-order chi connectivity index (χ0) is 10.0. The molecule has 0 bridgehead atoms. The zero-order valence-electron chi connectivity index (χ0n) is 9.27. The molecule has 2 aliphatic carbocycles. The first-order valence-electron chi connectivity index (χ1n) is 6.10. The number of alkyl halides is 1. The molecule has 2 heteroatoms. The van der Waals surface area contributed by atoms with Gasteiger partial charge in [-0.05, 0) is 37.6 Å². The summed E-state index contributed by atoms with van der Waals surface area (Å²) in [4.78, 5) is 2.74. The van der Waals surface area contributed by atoms with E-state index >= 15 is 0 Å². The topological polar surface area (TPSA) is 3.24 Å². The van der Waals surface area contributed by atoms with Crippen molar-refractivity contribution in [2.75, 3.05) is 18.4 Å². The summed E-state index contributed by atoms with van der Waals surface area (Å²) >= 11 is 3.67. The molecule has 1 nitrogen and oxygen atoms in total. The lowest BCUT2D eigenvalue weighted by Crippen LogP contribution is -2.38. The highest BCUT2D eigenvalue weighted by atomic mass is 79.9. The Kier molecular flexibility index (Phi) is 3.54. The fourth-order valence-corrected chi connectivity index (χ4v) is 3.45. The van der Waals surface area contributed by atoms with Crippen molar-refractivity contribution in [2.24, 2.45) is 5.41 Å². The second-order valence-electron chi connectivity index (χ2n) is 5.14. The fourth-order valence-electron chi connectivity index (χ4n) is 2.71. The van der Waals surface area contributed by atoms with Crippen LogP contribution in [0.15, 0.2) is 0 Å². The van der Waals surface area contributed by atoms with E-state index in [9.17, 15) is 0 Å². The third-order valence-corrected chi connectivity index (χ3v) is 5.22. The largest absolute Gasteiger partial charge is 0.300 e. The summed E-state index contributed by atoms with van der Waals surface area (Å²) in [7, 11) is 0. The van der Waals surface area contributed by atoms with E-state index in [0.717, 1.165) is 6.04 Å². The van der Waals surface area contributed by atoms with Crippen molar-refractivity contribution in [2.45, 2.75) is 51.5 Å². The molecule has 2 saturated carbocycles. The van der Waals surface area contributed by atoms with Crippen LogP contribution in [0.25, 0.3) is 0 Å². The van der Waals surface area contributed by atoms with Crippen molar-refractivity contribution in [3.63, 3.8) is 0 Å². The van der Waals surface area contributed by atoms with Gasteiger partial charge in [-0.2, -0.15) is 0 Å².